The number of hydrogen-bond donors (Lipinski definition) is 1. The van der Waals surface area contributed by atoms with Crippen LogP contribution in [0.2, 0.25) is 0 Å². The van der Waals surface area contributed by atoms with Gasteiger partial charge in [0.15, 0.2) is 0 Å². The zero-order valence-electron chi connectivity index (χ0n) is 10.4. The van der Waals surface area contributed by atoms with Crippen molar-refractivity contribution in [3.05, 3.63) is 35.9 Å². The SMILES string of the molecule is CN(Cc1ccccc1)C(=O)C1CCC1C(=O)O. The monoisotopic (exact) mass is 247 g/mol. The van der Waals surface area contributed by atoms with Crippen molar-refractivity contribution >= 4 is 11.9 Å². The molecular weight excluding hydrogens is 230 g/mol. The number of aliphatic carboxylic acids is 1. The van der Waals surface area contributed by atoms with Gasteiger partial charge < -0.3 is 10.0 Å². The van der Waals surface area contributed by atoms with E-state index < -0.39 is 11.9 Å². The zero-order valence-corrected chi connectivity index (χ0v) is 10.4. The number of carbonyl (C=O) groups is 2. The molecule has 96 valence electrons. The first-order chi connectivity index (χ1) is 8.59. The molecule has 0 spiro atoms. The first-order valence-corrected chi connectivity index (χ1v) is 6.11. The topological polar surface area (TPSA) is 57.6 Å². The molecule has 18 heavy (non-hydrogen) atoms. The summed E-state index contributed by atoms with van der Waals surface area (Å²) in [6, 6.07) is 9.70. The molecule has 0 aromatic heterocycles. The van der Waals surface area contributed by atoms with Gasteiger partial charge in [0.05, 0.1) is 11.8 Å². The standard InChI is InChI=1S/C14H17NO3/c1-15(9-10-5-3-2-4-6-10)13(16)11-7-8-12(11)14(17)18/h2-6,11-12H,7-9H2,1H3,(H,17,18). The number of carboxylic acids is 1. The molecular formula is C14H17NO3. The van der Waals surface area contributed by atoms with Crippen molar-refractivity contribution in [2.75, 3.05) is 7.05 Å². The van der Waals surface area contributed by atoms with Crippen molar-refractivity contribution in [1.82, 2.24) is 4.90 Å². The number of amides is 1. The Morgan fingerprint density at radius 3 is 2.33 bits per heavy atom. The van der Waals surface area contributed by atoms with Gasteiger partial charge in [0.1, 0.15) is 0 Å². The summed E-state index contributed by atoms with van der Waals surface area (Å²) >= 11 is 0. The van der Waals surface area contributed by atoms with E-state index in [-0.39, 0.29) is 11.8 Å². The Balaban J connectivity index is 1.95. The third-order valence-electron chi connectivity index (χ3n) is 3.55. The van der Waals surface area contributed by atoms with E-state index in [0.29, 0.717) is 19.4 Å². The molecule has 2 atom stereocenters. The number of rotatable bonds is 4. The van der Waals surface area contributed by atoms with Gasteiger partial charge in [0.2, 0.25) is 5.91 Å². The summed E-state index contributed by atoms with van der Waals surface area (Å²) in [5.41, 5.74) is 1.06. The van der Waals surface area contributed by atoms with E-state index in [1.165, 1.54) is 0 Å². The van der Waals surface area contributed by atoms with Gasteiger partial charge in [-0.1, -0.05) is 30.3 Å². The lowest BCUT2D eigenvalue weighted by Gasteiger charge is -2.35. The Kier molecular flexibility index (Phi) is 3.65. The normalized spacial score (nSPS) is 22.1. The van der Waals surface area contributed by atoms with Gasteiger partial charge in [0, 0.05) is 13.6 Å². The van der Waals surface area contributed by atoms with Crippen LogP contribution >= 0.6 is 0 Å². The van der Waals surface area contributed by atoms with Crippen molar-refractivity contribution in [2.24, 2.45) is 11.8 Å². The van der Waals surface area contributed by atoms with E-state index in [2.05, 4.69) is 0 Å². The van der Waals surface area contributed by atoms with Gasteiger partial charge in [-0.2, -0.15) is 0 Å². The zero-order chi connectivity index (χ0) is 13.1. The average molecular weight is 247 g/mol. The molecule has 0 radical (unpaired) electrons. The van der Waals surface area contributed by atoms with E-state index in [1.807, 2.05) is 30.3 Å². The van der Waals surface area contributed by atoms with Crippen LogP contribution in [0.15, 0.2) is 30.3 Å². The van der Waals surface area contributed by atoms with Crippen LogP contribution in [0.3, 0.4) is 0 Å². The molecule has 0 bridgehead atoms. The van der Waals surface area contributed by atoms with Gasteiger partial charge in [-0.3, -0.25) is 9.59 Å². The molecule has 1 aromatic rings. The first-order valence-electron chi connectivity index (χ1n) is 6.11. The summed E-state index contributed by atoms with van der Waals surface area (Å²) in [5.74, 6) is -1.74. The maximum absolute atomic E-state index is 12.1. The number of carboxylic acid groups (broad SMARTS) is 1. The van der Waals surface area contributed by atoms with E-state index in [4.69, 9.17) is 5.11 Å². The van der Waals surface area contributed by atoms with Crippen LogP contribution in [0.1, 0.15) is 18.4 Å². The van der Waals surface area contributed by atoms with Crippen LogP contribution in [0.25, 0.3) is 0 Å². The Morgan fingerprint density at radius 1 is 1.22 bits per heavy atom. The summed E-state index contributed by atoms with van der Waals surface area (Å²) in [6.07, 6.45) is 1.31. The minimum Gasteiger partial charge on any atom is -0.481 e. The summed E-state index contributed by atoms with van der Waals surface area (Å²) < 4.78 is 0. The Morgan fingerprint density at radius 2 is 1.83 bits per heavy atom. The minimum absolute atomic E-state index is 0.0579. The van der Waals surface area contributed by atoms with Crippen LogP contribution < -0.4 is 0 Å². The molecule has 1 fully saturated rings. The maximum atomic E-state index is 12.1. The quantitative estimate of drug-likeness (QED) is 0.882. The van der Waals surface area contributed by atoms with Crippen LogP contribution in [0.5, 0.6) is 0 Å². The van der Waals surface area contributed by atoms with Gasteiger partial charge in [-0.05, 0) is 18.4 Å². The van der Waals surface area contributed by atoms with E-state index >= 15 is 0 Å². The molecule has 1 aliphatic rings. The molecule has 0 heterocycles. The van der Waals surface area contributed by atoms with Crippen molar-refractivity contribution in [1.29, 1.82) is 0 Å². The van der Waals surface area contributed by atoms with Crippen molar-refractivity contribution in [3.8, 4) is 0 Å². The highest BCUT2D eigenvalue weighted by Crippen LogP contribution is 2.35. The molecule has 4 heteroatoms. The van der Waals surface area contributed by atoms with Crippen LogP contribution in [0, 0.1) is 11.8 Å². The van der Waals surface area contributed by atoms with E-state index in [1.54, 1.807) is 11.9 Å². The highest BCUT2D eigenvalue weighted by molar-refractivity contribution is 5.86. The van der Waals surface area contributed by atoms with Crippen LogP contribution in [0.4, 0.5) is 0 Å². The molecule has 0 aliphatic heterocycles. The number of carbonyl (C=O) groups excluding carboxylic acids is 1. The molecule has 2 unspecified atom stereocenters. The smallest absolute Gasteiger partial charge is 0.307 e. The minimum atomic E-state index is -0.854. The van der Waals surface area contributed by atoms with E-state index in [9.17, 15) is 9.59 Å². The molecule has 2 rings (SSSR count). The Labute approximate surface area is 106 Å². The van der Waals surface area contributed by atoms with Crippen molar-refractivity contribution in [3.63, 3.8) is 0 Å². The largest absolute Gasteiger partial charge is 0.481 e. The third-order valence-corrected chi connectivity index (χ3v) is 3.55. The maximum Gasteiger partial charge on any atom is 0.307 e. The number of nitrogens with zero attached hydrogens (tertiary/aromatic N) is 1. The van der Waals surface area contributed by atoms with Gasteiger partial charge in [0.25, 0.3) is 0 Å². The lowest BCUT2D eigenvalue weighted by molar-refractivity contribution is -0.156. The number of hydrogen-bond acceptors (Lipinski definition) is 2. The second-order valence-corrected chi connectivity index (χ2v) is 4.81. The fourth-order valence-electron chi connectivity index (χ4n) is 2.31. The lowest BCUT2D eigenvalue weighted by atomic mass is 9.73. The van der Waals surface area contributed by atoms with Crippen LogP contribution in [-0.4, -0.2) is 28.9 Å². The van der Waals surface area contributed by atoms with Gasteiger partial charge in [-0.15, -0.1) is 0 Å². The highest BCUT2D eigenvalue weighted by Gasteiger charge is 2.42. The third kappa shape index (κ3) is 2.53. The summed E-state index contributed by atoms with van der Waals surface area (Å²) in [5, 5.41) is 8.95. The first kappa shape index (κ1) is 12.6. The second kappa shape index (κ2) is 5.21. The summed E-state index contributed by atoms with van der Waals surface area (Å²) in [4.78, 5) is 24.6. The van der Waals surface area contributed by atoms with Crippen LogP contribution in [-0.2, 0) is 16.1 Å². The van der Waals surface area contributed by atoms with Crippen molar-refractivity contribution in [2.45, 2.75) is 19.4 Å². The van der Waals surface area contributed by atoms with E-state index in [0.717, 1.165) is 5.56 Å². The molecule has 0 saturated heterocycles. The average Bonchev–Trinajstić information content (AvgIpc) is 2.27. The number of benzene rings is 1. The van der Waals surface area contributed by atoms with Gasteiger partial charge >= 0.3 is 5.97 Å². The molecule has 1 aromatic carbocycles. The molecule has 4 nitrogen and oxygen atoms in total. The summed E-state index contributed by atoms with van der Waals surface area (Å²) in [7, 11) is 1.73. The fraction of sp³-hybridized carbons (Fsp3) is 0.429. The Hall–Kier alpha value is -1.84. The molecule has 1 N–H and O–H groups in total. The molecule has 1 amide bonds. The predicted octanol–water partition coefficient (Wildman–Crippen LogP) is 1.76. The Bertz CT molecular complexity index is 444. The second-order valence-electron chi connectivity index (χ2n) is 4.81. The highest BCUT2D eigenvalue weighted by atomic mass is 16.4. The van der Waals surface area contributed by atoms with Gasteiger partial charge in [-0.25, -0.2) is 0 Å². The molecule has 1 saturated carbocycles. The lowest BCUT2D eigenvalue weighted by Crippen LogP contribution is -2.44. The molecule has 1 aliphatic carbocycles. The van der Waals surface area contributed by atoms with Crippen molar-refractivity contribution < 1.29 is 14.7 Å². The predicted molar refractivity (Wildman–Crippen MR) is 66.8 cm³/mol. The fourth-order valence-corrected chi connectivity index (χ4v) is 2.31. The summed E-state index contributed by atoms with van der Waals surface area (Å²) in [6.45, 7) is 0.530.